The summed E-state index contributed by atoms with van der Waals surface area (Å²) in [7, 11) is -0.569. The fourth-order valence-corrected chi connectivity index (χ4v) is 2.99. The molecule has 0 aliphatic rings. The van der Waals surface area contributed by atoms with Gasteiger partial charge in [-0.1, -0.05) is 30.3 Å². The molecule has 2 N–H and O–H groups in total. The third-order valence-electron chi connectivity index (χ3n) is 2.39. The van der Waals surface area contributed by atoms with Crippen molar-refractivity contribution < 1.29 is 18.7 Å². The van der Waals surface area contributed by atoms with Crippen LogP contribution in [0.3, 0.4) is 0 Å². The maximum absolute atomic E-state index is 12.4. The van der Waals surface area contributed by atoms with Crippen LogP contribution in [0.25, 0.3) is 0 Å². The van der Waals surface area contributed by atoms with Crippen LogP contribution in [0.4, 0.5) is 0 Å². The van der Waals surface area contributed by atoms with E-state index < -0.39 is 13.4 Å². The monoisotopic (exact) mass is 259 g/mol. The van der Waals surface area contributed by atoms with Gasteiger partial charge in [-0.25, -0.2) is 0 Å². The van der Waals surface area contributed by atoms with Crippen molar-refractivity contribution in [2.75, 3.05) is 27.4 Å². The van der Waals surface area contributed by atoms with Gasteiger partial charge in [0.05, 0.1) is 6.61 Å². The van der Waals surface area contributed by atoms with Crippen molar-refractivity contribution in [3.63, 3.8) is 0 Å². The van der Waals surface area contributed by atoms with Gasteiger partial charge in [0.2, 0.25) is 0 Å². The molecule has 0 saturated heterocycles. The Kier molecular flexibility index (Phi) is 5.82. The minimum Gasteiger partial charge on any atom is -0.395 e. The molecule has 5 nitrogen and oxygen atoms in total. The van der Waals surface area contributed by atoms with E-state index in [-0.39, 0.29) is 6.61 Å². The third kappa shape index (κ3) is 3.63. The lowest BCUT2D eigenvalue weighted by molar-refractivity contribution is 0.250. The first-order chi connectivity index (χ1) is 8.18. The van der Waals surface area contributed by atoms with E-state index in [2.05, 4.69) is 5.32 Å². The number of rotatable bonds is 7. The van der Waals surface area contributed by atoms with Crippen molar-refractivity contribution in [3.8, 4) is 0 Å². The van der Waals surface area contributed by atoms with Crippen molar-refractivity contribution in [1.29, 1.82) is 0 Å². The Morgan fingerprint density at radius 3 is 2.35 bits per heavy atom. The number of hydrogen-bond donors (Lipinski definition) is 2. The van der Waals surface area contributed by atoms with E-state index in [9.17, 15) is 4.57 Å². The van der Waals surface area contributed by atoms with E-state index in [4.69, 9.17) is 14.2 Å². The van der Waals surface area contributed by atoms with Crippen molar-refractivity contribution in [1.82, 2.24) is 5.32 Å². The van der Waals surface area contributed by atoms with Crippen molar-refractivity contribution in [2.45, 2.75) is 5.78 Å². The minimum atomic E-state index is -3.27. The Bertz CT molecular complexity index is 363. The SMILES string of the molecule is COP(=O)(OC)C(NCCO)c1ccccc1. The molecule has 0 fully saturated rings. The smallest absolute Gasteiger partial charge is 0.351 e. The van der Waals surface area contributed by atoms with Gasteiger partial charge in [-0.05, 0) is 5.56 Å². The average molecular weight is 259 g/mol. The predicted octanol–water partition coefficient (Wildman–Crippen LogP) is 1.75. The molecule has 17 heavy (non-hydrogen) atoms. The van der Waals surface area contributed by atoms with Crippen LogP contribution in [0.15, 0.2) is 30.3 Å². The molecule has 6 heteroatoms. The summed E-state index contributed by atoms with van der Waals surface area (Å²) < 4.78 is 22.3. The van der Waals surface area contributed by atoms with Gasteiger partial charge in [0.25, 0.3) is 0 Å². The Morgan fingerprint density at radius 1 is 1.29 bits per heavy atom. The second-order valence-corrected chi connectivity index (χ2v) is 5.72. The van der Waals surface area contributed by atoms with E-state index in [0.29, 0.717) is 6.54 Å². The van der Waals surface area contributed by atoms with Gasteiger partial charge in [0.15, 0.2) is 0 Å². The summed E-state index contributed by atoms with van der Waals surface area (Å²) in [6.45, 7) is 0.271. The molecule has 0 aromatic heterocycles. The summed E-state index contributed by atoms with van der Waals surface area (Å²) in [5.74, 6) is -0.578. The molecule has 0 amide bonds. The first-order valence-electron chi connectivity index (χ1n) is 5.28. The van der Waals surface area contributed by atoms with Crippen molar-refractivity contribution in [3.05, 3.63) is 35.9 Å². The fraction of sp³-hybridized carbons (Fsp3) is 0.455. The van der Waals surface area contributed by atoms with Crippen LogP contribution in [-0.2, 0) is 13.6 Å². The van der Waals surface area contributed by atoms with Crippen LogP contribution in [0, 0.1) is 0 Å². The standard InChI is InChI=1S/C11H18NO4P/c1-15-17(14,16-2)11(12-8-9-13)10-6-4-3-5-7-10/h3-7,11-13H,8-9H2,1-2H3. The van der Waals surface area contributed by atoms with Gasteiger partial charge in [0, 0.05) is 20.8 Å². The topological polar surface area (TPSA) is 67.8 Å². The number of nitrogens with one attached hydrogen (secondary N) is 1. The summed E-state index contributed by atoms with van der Waals surface area (Å²) >= 11 is 0. The normalized spacial score (nSPS) is 13.6. The van der Waals surface area contributed by atoms with Gasteiger partial charge in [-0.2, -0.15) is 0 Å². The molecule has 0 heterocycles. The Labute approximate surface area is 101 Å². The van der Waals surface area contributed by atoms with Crippen LogP contribution in [0.2, 0.25) is 0 Å². The van der Waals surface area contributed by atoms with E-state index in [1.165, 1.54) is 14.2 Å². The Morgan fingerprint density at radius 2 is 1.88 bits per heavy atom. The molecule has 1 atom stereocenters. The molecule has 1 aromatic rings. The van der Waals surface area contributed by atoms with E-state index in [0.717, 1.165) is 5.56 Å². The molecule has 0 bridgehead atoms. The largest absolute Gasteiger partial charge is 0.395 e. The highest BCUT2D eigenvalue weighted by molar-refractivity contribution is 7.54. The molecule has 1 aromatic carbocycles. The van der Waals surface area contributed by atoms with E-state index >= 15 is 0 Å². The Hall–Kier alpha value is -0.710. The van der Waals surface area contributed by atoms with Crippen LogP contribution >= 0.6 is 7.60 Å². The highest BCUT2D eigenvalue weighted by Crippen LogP contribution is 2.58. The second kappa shape index (κ2) is 6.89. The fourth-order valence-electron chi connectivity index (χ4n) is 1.53. The molecule has 0 spiro atoms. The zero-order valence-corrected chi connectivity index (χ0v) is 10.9. The number of aliphatic hydroxyl groups is 1. The summed E-state index contributed by atoms with van der Waals surface area (Å²) in [5, 5.41) is 11.8. The minimum absolute atomic E-state index is 0.0449. The molecule has 0 aliphatic heterocycles. The van der Waals surface area contributed by atoms with Gasteiger partial charge >= 0.3 is 7.60 Å². The van der Waals surface area contributed by atoms with Gasteiger partial charge < -0.3 is 14.2 Å². The first kappa shape index (κ1) is 14.4. The lowest BCUT2D eigenvalue weighted by Gasteiger charge is -2.25. The van der Waals surface area contributed by atoms with Crippen molar-refractivity contribution in [2.24, 2.45) is 0 Å². The molecule has 1 rings (SSSR count). The molecule has 0 saturated carbocycles. The van der Waals surface area contributed by atoms with E-state index in [1.807, 2.05) is 30.3 Å². The summed E-state index contributed by atoms with van der Waals surface area (Å²) in [6, 6.07) is 9.23. The lowest BCUT2D eigenvalue weighted by atomic mass is 10.2. The average Bonchev–Trinajstić information content (AvgIpc) is 2.40. The summed E-state index contributed by atoms with van der Waals surface area (Å²) in [4.78, 5) is 0. The number of benzene rings is 1. The summed E-state index contributed by atoms with van der Waals surface area (Å²) in [6.07, 6.45) is 0. The van der Waals surface area contributed by atoms with Gasteiger partial charge in [-0.3, -0.25) is 9.88 Å². The quantitative estimate of drug-likeness (QED) is 0.730. The Balaban J connectivity index is 2.99. The highest BCUT2D eigenvalue weighted by atomic mass is 31.2. The second-order valence-electron chi connectivity index (χ2n) is 3.40. The molecule has 0 radical (unpaired) electrons. The third-order valence-corrected chi connectivity index (χ3v) is 4.52. The lowest BCUT2D eigenvalue weighted by Crippen LogP contribution is -2.25. The predicted molar refractivity (Wildman–Crippen MR) is 65.9 cm³/mol. The van der Waals surface area contributed by atoms with Crippen LogP contribution in [0.1, 0.15) is 11.3 Å². The molecular formula is C11H18NO4P. The van der Waals surface area contributed by atoms with Crippen LogP contribution in [0.5, 0.6) is 0 Å². The van der Waals surface area contributed by atoms with Crippen LogP contribution in [-0.4, -0.2) is 32.5 Å². The summed E-state index contributed by atoms with van der Waals surface area (Å²) in [5.41, 5.74) is 0.799. The van der Waals surface area contributed by atoms with Gasteiger partial charge in [-0.15, -0.1) is 0 Å². The maximum atomic E-state index is 12.4. The molecular weight excluding hydrogens is 241 g/mol. The highest BCUT2D eigenvalue weighted by Gasteiger charge is 2.34. The molecule has 96 valence electrons. The molecule has 0 aliphatic carbocycles. The zero-order valence-electron chi connectivity index (χ0n) is 10.00. The number of hydrogen-bond acceptors (Lipinski definition) is 5. The zero-order chi connectivity index (χ0) is 12.7. The molecule has 1 unspecified atom stereocenters. The number of aliphatic hydroxyl groups excluding tert-OH is 1. The van der Waals surface area contributed by atoms with E-state index in [1.54, 1.807) is 0 Å². The van der Waals surface area contributed by atoms with Crippen LogP contribution < -0.4 is 5.32 Å². The first-order valence-corrected chi connectivity index (χ1v) is 6.89. The maximum Gasteiger partial charge on any atom is 0.351 e. The van der Waals surface area contributed by atoms with Crippen molar-refractivity contribution >= 4 is 7.60 Å². The van der Waals surface area contributed by atoms with Gasteiger partial charge in [0.1, 0.15) is 5.78 Å².